The number of nitrogens with zero attached hydrogens (tertiary/aromatic N) is 2. The predicted molar refractivity (Wildman–Crippen MR) is 50.9 cm³/mol. The first kappa shape index (κ1) is 8.33. The number of thiazole rings is 1. The van der Waals surface area contributed by atoms with Gasteiger partial charge in [0.25, 0.3) is 0 Å². The Hall–Kier alpha value is -1.27. The Balaban J connectivity index is 2.39. The van der Waals surface area contributed by atoms with Gasteiger partial charge in [-0.1, -0.05) is 11.3 Å². The minimum atomic E-state index is -0.399. The molecule has 0 saturated carbocycles. The molecular formula is C7H3N2O2S2. The first-order valence-electron chi connectivity index (χ1n) is 3.33. The number of rotatable bonds is 2. The Bertz CT molecular complexity index is 421. The largest absolute Gasteiger partial charge is 0.324 e. The zero-order valence-electron chi connectivity index (χ0n) is 6.26. The van der Waals surface area contributed by atoms with Crippen LogP contribution in [-0.2, 0) is 0 Å². The summed E-state index contributed by atoms with van der Waals surface area (Å²) in [5.41, 5.74) is 3.45. The molecule has 0 aromatic carbocycles. The summed E-state index contributed by atoms with van der Waals surface area (Å²) in [6, 6.07) is 3.19. The van der Waals surface area contributed by atoms with Crippen molar-refractivity contribution in [1.82, 2.24) is 4.98 Å². The van der Waals surface area contributed by atoms with E-state index in [1.54, 1.807) is 6.07 Å². The van der Waals surface area contributed by atoms with E-state index in [0.29, 0.717) is 0 Å². The molecule has 2 aromatic heterocycles. The molecule has 13 heavy (non-hydrogen) atoms. The fraction of sp³-hybridized carbons (Fsp3) is 0. The van der Waals surface area contributed by atoms with Crippen molar-refractivity contribution in [2.75, 3.05) is 0 Å². The summed E-state index contributed by atoms with van der Waals surface area (Å²) in [6.45, 7) is 0. The molecule has 65 valence electrons. The van der Waals surface area contributed by atoms with Crippen molar-refractivity contribution in [1.29, 1.82) is 0 Å². The van der Waals surface area contributed by atoms with Gasteiger partial charge in [0.05, 0.1) is 15.5 Å². The van der Waals surface area contributed by atoms with Gasteiger partial charge < -0.3 is 0 Å². The lowest BCUT2D eigenvalue weighted by Crippen LogP contribution is -1.80. The van der Waals surface area contributed by atoms with Gasteiger partial charge in [0.1, 0.15) is 0 Å². The molecule has 0 atom stereocenters. The third-order valence-electron chi connectivity index (χ3n) is 1.41. The predicted octanol–water partition coefficient (Wildman–Crippen LogP) is 2.58. The molecule has 2 aromatic rings. The SMILES string of the molecule is O=[N+]([O-])c1ccc(-c2cs[c]n2)s1. The normalized spacial score (nSPS) is 10.2. The van der Waals surface area contributed by atoms with Crippen molar-refractivity contribution in [3.8, 4) is 10.6 Å². The molecule has 0 N–H and O–H groups in total. The highest BCUT2D eigenvalue weighted by atomic mass is 32.1. The van der Waals surface area contributed by atoms with Crippen LogP contribution in [0.4, 0.5) is 5.00 Å². The van der Waals surface area contributed by atoms with E-state index in [9.17, 15) is 10.1 Å². The Morgan fingerprint density at radius 1 is 1.54 bits per heavy atom. The zero-order valence-corrected chi connectivity index (χ0v) is 7.89. The smallest absolute Gasteiger partial charge is 0.258 e. The number of nitro groups is 1. The van der Waals surface area contributed by atoms with Gasteiger partial charge >= 0.3 is 5.00 Å². The minimum Gasteiger partial charge on any atom is -0.258 e. The second kappa shape index (κ2) is 3.23. The van der Waals surface area contributed by atoms with Crippen molar-refractivity contribution in [2.24, 2.45) is 0 Å². The summed E-state index contributed by atoms with van der Waals surface area (Å²) >= 11 is 2.48. The van der Waals surface area contributed by atoms with Gasteiger partial charge in [0, 0.05) is 11.4 Å². The molecule has 0 aliphatic heterocycles. The quantitative estimate of drug-likeness (QED) is 0.566. The highest BCUT2D eigenvalue weighted by Crippen LogP contribution is 2.31. The molecule has 0 aliphatic rings. The van der Waals surface area contributed by atoms with E-state index in [4.69, 9.17) is 0 Å². The van der Waals surface area contributed by atoms with E-state index in [1.165, 1.54) is 17.4 Å². The molecule has 0 aliphatic carbocycles. The van der Waals surface area contributed by atoms with Crippen LogP contribution in [0.2, 0.25) is 0 Å². The van der Waals surface area contributed by atoms with Crippen molar-refractivity contribution < 1.29 is 4.92 Å². The second-order valence-corrected chi connectivity index (χ2v) is 3.94. The highest BCUT2D eigenvalue weighted by Gasteiger charge is 2.11. The summed E-state index contributed by atoms with van der Waals surface area (Å²) in [4.78, 5) is 14.7. The van der Waals surface area contributed by atoms with Crippen molar-refractivity contribution in [3.05, 3.63) is 33.1 Å². The van der Waals surface area contributed by atoms with Crippen molar-refractivity contribution in [3.63, 3.8) is 0 Å². The number of hydrogen-bond acceptors (Lipinski definition) is 5. The van der Waals surface area contributed by atoms with E-state index < -0.39 is 4.92 Å². The molecule has 4 nitrogen and oxygen atoms in total. The fourth-order valence-electron chi connectivity index (χ4n) is 0.861. The van der Waals surface area contributed by atoms with Gasteiger partial charge in [-0.25, -0.2) is 4.98 Å². The van der Waals surface area contributed by atoms with Crippen molar-refractivity contribution in [2.45, 2.75) is 0 Å². The molecule has 0 bridgehead atoms. The van der Waals surface area contributed by atoms with Crippen LogP contribution in [0.15, 0.2) is 17.5 Å². The summed E-state index contributed by atoms with van der Waals surface area (Å²) in [7, 11) is 0. The van der Waals surface area contributed by atoms with Crippen LogP contribution < -0.4 is 0 Å². The van der Waals surface area contributed by atoms with Crippen LogP contribution in [0, 0.1) is 15.6 Å². The Morgan fingerprint density at radius 3 is 2.92 bits per heavy atom. The minimum absolute atomic E-state index is 0.142. The van der Waals surface area contributed by atoms with Crippen LogP contribution in [-0.4, -0.2) is 9.91 Å². The molecule has 1 radical (unpaired) electrons. The van der Waals surface area contributed by atoms with Crippen LogP contribution >= 0.6 is 22.7 Å². The monoisotopic (exact) mass is 211 g/mol. The molecule has 0 saturated heterocycles. The van der Waals surface area contributed by atoms with Gasteiger partial charge in [-0.2, -0.15) is 0 Å². The van der Waals surface area contributed by atoms with Gasteiger partial charge in [-0.05, 0) is 6.07 Å². The molecule has 0 spiro atoms. The number of hydrogen-bond donors (Lipinski definition) is 0. The average molecular weight is 211 g/mol. The summed E-state index contributed by atoms with van der Waals surface area (Å²) in [6.07, 6.45) is 0. The molecular weight excluding hydrogens is 208 g/mol. The molecule has 0 amide bonds. The summed E-state index contributed by atoms with van der Waals surface area (Å²) < 4.78 is 0. The Morgan fingerprint density at radius 2 is 2.38 bits per heavy atom. The Kier molecular flexibility index (Phi) is 2.07. The molecule has 2 heterocycles. The van der Waals surface area contributed by atoms with Gasteiger partial charge in [0.2, 0.25) is 0 Å². The summed E-state index contributed by atoms with van der Waals surface area (Å²) in [5.74, 6) is 0. The fourth-order valence-corrected chi connectivity index (χ4v) is 2.21. The van der Waals surface area contributed by atoms with E-state index in [-0.39, 0.29) is 5.00 Å². The average Bonchev–Trinajstić information content (AvgIpc) is 2.75. The second-order valence-electron chi connectivity index (χ2n) is 2.22. The van der Waals surface area contributed by atoms with Crippen LogP contribution in [0.3, 0.4) is 0 Å². The molecule has 0 unspecified atom stereocenters. The van der Waals surface area contributed by atoms with E-state index >= 15 is 0 Å². The maximum absolute atomic E-state index is 10.4. The first-order chi connectivity index (χ1) is 6.27. The van der Waals surface area contributed by atoms with E-state index in [1.807, 2.05) is 5.38 Å². The lowest BCUT2D eigenvalue weighted by Gasteiger charge is -1.84. The lowest BCUT2D eigenvalue weighted by molar-refractivity contribution is -0.380. The van der Waals surface area contributed by atoms with Gasteiger partial charge in [-0.3, -0.25) is 10.1 Å². The number of thiophene rings is 1. The van der Waals surface area contributed by atoms with E-state index in [0.717, 1.165) is 21.9 Å². The molecule has 0 fully saturated rings. The molecule has 6 heteroatoms. The third-order valence-corrected chi connectivity index (χ3v) is 3.01. The standard InChI is InChI=1S/C7H3N2O2S2/c10-9(11)7-2-1-6(13-7)5-3-12-4-8-5/h1-3H. The maximum Gasteiger partial charge on any atom is 0.324 e. The van der Waals surface area contributed by atoms with E-state index in [2.05, 4.69) is 10.5 Å². The van der Waals surface area contributed by atoms with Crippen LogP contribution in [0.5, 0.6) is 0 Å². The zero-order chi connectivity index (χ0) is 9.26. The third kappa shape index (κ3) is 1.58. The van der Waals surface area contributed by atoms with Gasteiger partial charge in [0.15, 0.2) is 5.51 Å². The topological polar surface area (TPSA) is 56.0 Å². The van der Waals surface area contributed by atoms with Gasteiger partial charge in [-0.15, -0.1) is 11.3 Å². The number of aromatic nitrogens is 1. The Labute approximate surface area is 81.6 Å². The summed E-state index contributed by atoms with van der Waals surface area (Å²) in [5, 5.41) is 12.3. The maximum atomic E-state index is 10.4. The lowest BCUT2D eigenvalue weighted by atomic mass is 10.4. The van der Waals surface area contributed by atoms with Crippen LogP contribution in [0.1, 0.15) is 0 Å². The molecule has 2 rings (SSSR count). The van der Waals surface area contributed by atoms with Crippen molar-refractivity contribution >= 4 is 27.7 Å². The highest BCUT2D eigenvalue weighted by molar-refractivity contribution is 7.18. The first-order valence-corrected chi connectivity index (χ1v) is 5.03. The van der Waals surface area contributed by atoms with Crippen LogP contribution in [0.25, 0.3) is 10.6 Å².